The molecule has 2 N–H and O–H groups in total. The third kappa shape index (κ3) is 5.05. The van der Waals surface area contributed by atoms with Gasteiger partial charge >= 0.3 is 0 Å². The largest absolute Gasteiger partial charge is 0.376 e. The number of carbonyl (C=O) groups is 1. The minimum Gasteiger partial charge on any atom is -0.376 e. The van der Waals surface area contributed by atoms with E-state index in [0.717, 1.165) is 16.8 Å². The highest BCUT2D eigenvalue weighted by atomic mass is 16.2. The number of benzene rings is 2. The highest BCUT2D eigenvalue weighted by molar-refractivity contribution is 5.81. The van der Waals surface area contributed by atoms with Gasteiger partial charge in [0.15, 0.2) is 0 Å². The first-order valence-electron chi connectivity index (χ1n) is 7.30. The molecule has 22 heavy (non-hydrogen) atoms. The predicted molar refractivity (Wildman–Crippen MR) is 91.2 cm³/mol. The first kappa shape index (κ1) is 15.8. The van der Waals surface area contributed by atoms with Gasteiger partial charge in [-0.15, -0.1) is 0 Å². The highest BCUT2D eigenvalue weighted by Gasteiger charge is 2.01. The molecule has 0 saturated heterocycles. The number of hydrazone groups is 1. The molecule has 0 aliphatic heterocycles. The van der Waals surface area contributed by atoms with Crippen molar-refractivity contribution in [3.05, 3.63) is 65.2 Å². The molecule has 4 heteroatoms. The maximum Gasteiger partial charge on any atom is 0.259 e. The van der Waals surface area contributed by atoms with Gasteiger partial charge in [-0.2, -0.15) is 5.10 Å². The third-order valence-corrected chi connectivity index (χ3v) is 3.27. The highest BCUT2D eigenvalue weighted by Crippen LogP contribution is 2.15. The summed E-state index contributed by atoms with van der Waals surface area (Å²) in [6.07, 6.45) is 2.40. The molecule has 0 aromatic heterocycles. The maximum atomic E-state index is 11.7. The average Bonchev–Trinajstić information content (AvgIpc) is 2.52. The van der Waals surface area contributed by atoms with E-state index in [-0.39, 0.29) is 12.5 Å². The smallest absolute Gasteiger partial charge is 0.259 e. The van der Waals surface area contributed by atoms with Crippen molar-refractivity contribution in [2.75, 3.05) is 11.9 Å². The van der Waals surface area contributed by atoms with Gasteiger partial charge < -0.3 is 5.32 Å². The van der Waals surface area contributed by atoms with Crippen LogP contribution < -0.4 is 10.7 Å². The Labute approximate surface area is 131 Å². The van der Waals surface area contributed by atoms with E-state index < -0.39 is 0 Å². The van der Waals surface area contributed by atoms with Gasteiger partial charge in [-0.3, -0.25) is 4.79 Å². The van der Waals surface area contributed by atoms with Crippen LogP contribution in [0.3, 0.4) is 0 Å². The summed E-state index contributed by atoms with van der Waals surface area (Å²) in [4.78, 5) is 11.7. The maximum absolute atomic E-state index is 11.7. The number of rotatable bonds is 6. The Hall–Kier alpha value is -2.62. The first-order chi connectivity index (χ1) is 10.6. The van der Waals surface area contributed by atoms with Crippen LogP contribution in [0.1, 0.15) is 16.7 Å². The van der Waals surface area contributed by atoms with E-state index >= 15 is 0 Å². The lowest BCUT2D eigenvalue weighted by molar-refractivity contribution is -0.119. The van der Waals surface area contributed by atoms with Crippen LogP contribution in [-0.4, -0.2) is 18.7 Å². The zero-order valence-corrected chi connectivity index (χ0v) is 13.0. The minimum atomic E-state index is -0.163. The van der Waals surface area contributed by atoms with Crippen molar-refractivity contribution >= 4 is 17.8 Å². The monoisotopic (exact) mass is 295 g/mol. The molecule has 4 nitrogen and oxygen atoms in total. The normalized spacial score (nSPS) is 10.6. The Balaban J connectivity index is 1.74. The van der Waals surface area contributed by atoms with Crippen molar-refractivity contribution in [1.82, 2.24) is 5.43 Å². The van der Waals surface area contributed by atoms with Crippen LogP contribution >= 0.6 is 0 Å². The Kier molecular flexibility index (Phi) is 5.72. The fourth-order valence-electron chi connectivity index (χ4n) is 2.11. The van der Waals surface area contributed by atoms with Crippen molar-refractivity contribution < 1.29 is 4.79 Å². The van der Waals surface area contributed by atoms with E-state index in [1.807, 2.05) is 56.3 Å². The molecule has 0 spiro atoms. The number of carbonyl (C=O) groups excluding carboxylic acids is 1. The molecule has 0 bridgehead atoms. The van der Waals surface area contributed by atoms with Crippen molar-refractivity contribution in [3.8, 4) is 0 Å². The summed E-state index contributed by atoms with van der Waals surface area (Å²) >= 11 is 0. The lowest BCUT2D eigenvalue weighted by Crippen LogP contribution is -2.26. The van der Waals surface area contributed by atoms with E-state index in [1.165, 1.54) is 5.56 Å². The predicted octanol–water partition coefficient (Wildman–Crippen LogP) is 3.06. The molecule has 0 heterocycles. The average molecular weight is 295 g/mol. The SMILES string of the molecule is Cc1ccc(NCC(=O)N/N=C/Cc2ccccc2)c(C)c1. The Morgan fingerprint density at radius 2 is 1.91 bits per heavy atom. The van der Waals surface area contributed by atoms with Crippen LogP contribution in [0.25, 0.3) is 0 Å². The van der Waals surface area contributed by atoms with Gasteiger partial charge in [-0.05, 0) is 31.0 Å². The molecular weight excluding hydrogens is 274 g/mol. The van der Waals surface area contributed by atoms with Gasteiger partial charge in [0.25, 0.3) is 5.91 Å². The van der Waals surface area contributed by atoms with Crippen molar-refractivity contribution in [3.63, 3.8) is 0 Å². The van der Waals surface area contributed by atoms with Gasteiger partial charge in [0, 0.05) is 18.3 Å². The summed E-state index contributed by atoms with van der Waals surface area (Å²) in [6, 6.07) is 16.1. The standard InChI is InChI=1S/C18H21N3O/c1-14-8-9-17(15(2)12-14)19-13-18(22)21-20-11-10-16-6-4-3-5-7-16/h3-9,11-12,19H,10,13H2,1-2H3,(H,21,22)/b20-11+. The summed E-state index contributed by atoms with van der Waals surface area (Å²) in [5.41, 5.74) is 6.98. The van der Waals surface area contributed by atoms with Gasteiger partial charge in [-0.1, -0.05) is 48.0 Å². The number of hydrogen-bond acceptors (Lipinski definition) is 3. The third-order valence-electron chi connectivity index (χ3n) is 3.27. The van der Waals surface area contributed by atoms with E-state index in [0.29, 0.717) is 6.42 Å². The zero-order chi connectivity index (χ0) is 15.8. The number of hydrogen-bond donors (Lipinski definition) is 2. The van der Waals surface area contributed by atoms with Crippen LogP contribution in [-0.2, 0) is 11.2 Å². The second kappa shape index (κ2) is 7.98. The van der Waals surface area contributed by atoms with Gasteiger partial charge in [0.2, 0.25) is 0 Å². The van der Waals surface area contributed by atoms with E-state index in [4.69, 9.17) is 0 Å². The molecule has 0 saturated carbocycles. The molecule has 2 aromatic carbocycles. The summed E-state index contributed by atoms with van der Waals surface area (Å²) in [7, 11) is 0. The van der Waals surface area contributed by atoms with Gasteiger partial charge in [-0.25, -0.2) is 5.43 Å². The van der Waals surface area contributed by atoms with Crippen LogP contribution in [0.4, 0.5) is 5.69 Å². The molecule has 0 aliphatic carbocycles. The number of amides is 1. The lowest BCUT2D eigenvalue weighted by atomic mass is 10.1. The summed E-state index contributed by atoms with van der Waals surface area (Å²) < 4.78 is 0. The molecular formula is C18H21N3O. The van der Waals surface area contributed by atoms with E-state index in [1.54, 1.807) is 6.21 Å². The molecule has 114 valence electrons. The van der Waals surface area contributed by atoms with Crippen LogP contribution in [0.5, 0.6) is 0 Å². The number of aryl methyl sites for hydroxylation is 2. The zero-order valence-electron chi connectivity index (χ0n) is 13.0. The second-order valence-electron chi connectivity index (χ2n) is 5.21. The number of anilines is 1. The van der Waals surface area contributed by atoms with E-state index in [9.17, 15) is 4.79 Å². The van der Waals surface area contributed by atoms with Crippen LogP contribution in [0.15, 0.2) is 53.6 Å². The lowest BCUT2D eigenvalue weighted by Gasteiger charge is -2.09. The van der Waals surface area contributed by atoms with E-state index in [2.05, 4.69) is 21.9 Å². The molecule has 2 rings (SSSR count). The quantitative estimate of drug-likeness (QED) is 0.635. The molecule has 0 atom stereocenters. The molecule has 2 aromatic rings. The molecule has 0 aliphatic rings. The fraction of sp³-hybridized carbons (Fsp3) is 0.222. The number of nitrogens with zero attached hydrogens (tertiary/aromatic N) is 1. The summed E-state index contributed by atoms with van der Waals surface area (Å²) in [5.74, 6) is -0.163. The molecule has 0 unspecified atom stereocenters. The fourth-order valence-corrected chi connectivity index (χ4v) is 2.11. The Morgan fingerprint density at radius 1 is 1.14 bits per heavy atom. The molecule has 0 radical (unpaired) electrons. The Bertz CT molecular complexity index is 651. The number of nitrogens with one attached hydrogen (secondary N) is 2. The molecule has 1 amide bonds. The molecule has 0 fully saturated rings. The Morgan fingerprint density at radius 3 is 2.64 bits per heavy atom. The van der Waals surface area contributed by atoms with Gasteiger partial charge in [0.05, 0.1) is 6.54 Å². The first-order valence-corrected chi connectivity index (χ1v) is 7.30. The van der Waals surface area contributed by atoms with Crippen LogP contribution in [0, 0.1) is 13.8 Å². The minimum absolute atomic E-state index is 0.163. The summed E-state index contributed by atoms with van der Waals surface area (Å²) in [5, 5.41) is 7.06. The summed E-state index contributed by atoms with van der Waals surface area (Å²) in [6.45, 7) is 4.27. The van der Waals surface area contributed by atoms with Gasteiger partial charge in [0.1, 0.15) is 0 Å². The van der Waals surface area contributed by atoms with Crippen molar-refractivity contribution in [2.45, 2.75) is 20.3 Å². The topological polar surface area (TPSA) is 53.5 Å². The van der Waals surface area contributed by atoms with Crippen molar-refractivity contribution in [1.29, 1.82) is 0 Å². The van der Waals surface area contributed by atoms with Crippen molar-refractivity contribution in [2.24, 2.45) is 5.10 Å². The van der Waals surface area contributed by atoms with Crippen LogP contribution in [0.2, 0.25) is 0 Å². The second-order valence-corrected chi connectivity index (χ2v) is 5.21.